The normalized spacial score (nSPS) is 16.5. The van der Waals surface area contributed by atoms with Crippen LogP contribution in [0.15, 0.2) is 24.1 Å². The molecule has 0 spiro atoms. The number of hydrogen-bond donors (Lipinski definition) is 5. The van der Waals surface area contributed by atoms with Crippen molar-refractivity contribution in [1.29, 1.82) is 0 Å². The smallest absolute Gasteiger partial charge is 0.444 e. The summed E-state index contributed by atoms with van der Waals surface area (Å²) < 4.78 is 61.3. The predicted molar refractivity (Wildman–Crippen MR) is 190 cm³/mol. The SMILES string of the molecule is C#C[C@@H](C)NC(=O)OC(C)(C)C.C[C@H](/C=C/B(O)O)NC(=O)OC(C)(C)C.C[C@H](/C=C/B1OC(C)(C)C(C)(C)O1)NC(=O)OC(C)(C)C.[Na+].[O-][I+3]([O-])([O-])[O-]. The second-order valence-electron chi connectivity index (χ2n) is 15.6. The molecule has 1 heterocycles. The molecule has 0 aromatic heterocycles. The van der Waals surface area contributed by atoms with Gasteiger partial charge in [0.15, 0.2) is 0 Å². The molecule has 1 rings (SSSR count). The Morgan fingerprint density at radius 1 is 0.741 bits per heavy atom. The molecule has 17 nitrogen and oxygen atoms in total. The van der Waals surface area contributed by atoms with Gasteiger partial charge in [0, 0.05) is 12.1 Å². The van der Waals surface area contributed by atoms with Crippen molar-refractivity contribution in [3.8, 4) is 12.3 Å². The molecule has 0 radical (unpaired) electrons. The number of nitrogens with one attached hydrogen (secondary N) is 3. The molecular weight excluding hydrogens is 834 g/mol. The first-order chi connectivity index (χ1) is 23.4. The van der Waals surface area contributed by atoms with E-state index in [1.165, 1.54) is 12.1 Å². The maximum Gasteiger partial charge on any atom is 1.00 e. The van der Waals surface area contributed by atoms with Gasteiger partial charge in [-0.15, -0.1) is 6.42 Å². The van der Waals surface area contributed by atoms with Crippen LogP contribution < -0.4 is 79.3 Å². The zero-order chi connectivity index (χ0) is 42.8. The van der Waals surface area contributed by atoms with Crippen LogP contribution in [-0.4, -0.2) is 88.7 Å². The number of carbonyl (C=O) groups excluding carboxylic acids is 3. The van der Waals surface area contributed by atoms with Crippen molar-refractivity contribution in [1.82, 2.24) is 16.0 Å². The fourth-order valence-electron chi connectivity index (χ4n) is 3.10. The molecule has 3 amide bonds. The van der Waals surface area contributed by atoms with Crippen molar-refractivity contribution in [3.63, 3.8) is 0 Å². The van der Waals surface area contributed by atoms with E-state index in [0.717, 1.165) is 0 Å². The van der Waals surface area contributed by atoms with Gasteiger partial charge >= 0.3 is 62.1 Å². The molecule has 0 unspecified atom stereocenters. The minimum absolute atomic E-state index is 0. The minimum Gasteiger partial charge on any atom is -0.444 e. The molecule has 0 aliphatic carbocycles. The summed E-state index contributed by atoms with van der Waals surface area (Å²) >= 11 is -5.94. The van der Waals surface area contributed by atoms with Crippen molar-refractivity contribution in [2.24, 2.45) is 0 Å². The molecule has 54 heavy (non-hydrogen) atoms. The maximum atomic E-state index is 11.6. The molecule has 1 fully saturated rings. The van der Waals surface area contributed by atoms with Crippen LogP contribution >= 0.6 is 0 Å². The van der Waals surface area contributed by atoms with Crippen molar-refractivity contribution in [2.45, 2.75) is 157 Å². The molecule has 3 atom stereocenters. The first-order valence-electron chi connectivity index (χ1n) is 16.5. The number of alkyl carbamates (subject to hydrolysis) is 3. The molecule has 5 N–H and O–H groups in total. The van der Waals surface area contributed by atoms with Crippen LogP contribution in [0.4, 0.5) is 14.4 Å². The number of terminal acetylenes is 1. The Labute approximate surface area is 351 Å². The van der Waals surface area contributed by atoms with E-state index in [2.05, 4.69) is 21.9 Å². The molecule has 1 saturated heterocycles. The van der Waals surface area contributed by atoms with Crippen molar-refractivity contribution in [2.75, 3.05) is 0 Å². The summed E-state index contributed by atoms with van der Waals surface area (Å²) in [7, 11) is -1.91. The van der Waals surface area contributed by atoms with E-state index in [4.69, 9.17) is 53.7 Å². The third kappa shape index (κ3) is 38.7. The second-order valence-corrected chi connectivity index (χ2v) is 17.7. The predicted octanol–water partition coefficient (Wildman–Crippen LogP) is -5.66. The topological polar surface area (TPSA) is 266 Å². The van der Waals surface area contributed by atoms with Gasteiger partial charge < -0.3 is 49.5 Å². The van der Waals surface area contributed by atoms with Crippen LogP contribution in [0.3, 0.4) is 0 Å². The van der Waals surface area contributed by atoms with E-state index in [-0.39, 0.29) is 58.9 Å². The van der Waals surface area contributed by atoms with E-state index < -0.39 is 69.4 Å². The fraction of sp³-hybridized carbons (Fsp3) is 0.727. The van der Waals surface area contributed by atoms with Crippen LogP contribution in [0.25, 0.3) is 0 Å². The van der Waals surface area contributed by atoms with Gasteiger partial charge in [-0.2, -0.15) is 0 Å². The number of ether oxygens (including phenoxy) is 3. The van der Waals surface area contributed by atoms with Crippen LogP contribution in [0.2, 0.25) is 0 Å². The standard InChI is InChI=1S/C15H28BNO4.C9H18BNO4.C9H15NO2.IO4.Na/c1-11(17-12(18)19-13(2,3)4)9-10-16-20-14(5,6)15(7,8)21-16;1-7(5-6-10(13)14)11-8(12)15-9(2,3)4;1-6-7(2)10-8(11)12-9(3,4)5;2-1(3,4)5;/h9-11H,1-8H3,(H,17,18);5-7,13-14H,1-4H3,(H,11,12);1,7H,2-5H3,(H,10,11);;/q;;;-1;+1/b10-9+;6-5+;;;/t11-;2*7-;;/m111../s1. The third-order valence-electron chi connectivity index (χ3n) is 5.87. The summed E-state index contributed by atoms with van der Waals surface area (Å²) in [5.41, 5.74) is -2.23. The summed E-state index contributed by atoms with van der Waals surface area (Å²) in [6.45, 7) is 29.5. The summed E-state index contributed by atoms with van der Waals surface area (Å²) in [6.07, 6.45) is 6.92. The number of halogens is 1. The van der Waals surface area contributed by atoms with Gasteiger partial charge in [-0.1, -0.05) is 30.0 Å². The average molecular weight is 895 g/mol. The van der Waals surface area contributed by atoms with Crippen molar-refractivity contribution >= 4 is 32.5 Å². The first kappa shape index (κ1) is 59.1. The van der Waals surface area contributed by atoms with Crippen LogP contribution in [0.1, 0.15) is 111 Å². The summed E-state index contributed by atoms with van der Waals surface area (Å²) in [4.78, 5) is 33.9. The number of rotatable bonds is 7. The molecule has 1 aliphatic heterocycles. The Balaban J connectivity index is -0.000000335. The van der Waals surface area contributed by atoms with Gasteiger partial charge in [-0.05, 0) is 111 Å². The molecule has 21 heteroatoms. The van der Waals surface area contributed by atoms with Crippen molar-refractivity contribution < 1.29 is 111 Å². The Morgan fingerprint density at radius 2 is 1.04 bits per heavy atom. The van der Waals surface area contributed by atoms with Crippen LogP contribution in [0, 0.1) is 12.3 Å². The molecule has 0 aromatic carbocycles. The second kappa shape index (κ2) is 25.6. The van der Waals surface area contributed by atoms with E-state index in [0.29, 0.717) is 0 Å². The van der Waals surface area contributed by atoms with Crippen LogP contribution in [-0.2, 0) is 23.5 Å². The van der Waals surface area contributed by atoms with E-state index in [9.17, 15) is 14.4 Å². The van der Waals surface area contributed by atoms with E-state index >= 15 is 0 Å². The van der Waals surface area contributed by atoms with Gasteiger partial charge in [-0.25, -0.2) is 14.4 Å². The molecule has 0 saturated carbocycles. The van der Waals surface area contributed by atoms with Crippen LogP contribution in [0.5, 0.6) is 0 Å². The number of hydrogen-bond acceptors (Lipinski definition) is 14. The molecule has 306 valence electrons. The summed E-state index contributed by atoms with van der Waals surface area (Å²) in [5.74, 6) is 5.36. The summed E-state index contributed by atoms with van der Waals surface area (Å²) in [5, 5.41) is 24.8. The zero-order valence-electron chi connectivity index (χ0n) is 34.9. The van der Waals surface area contributed by atoms with Gasteiger partial charge in [-0.3, -0.25) is 13.7 Å². The van der Waals surface area contributed by atoms with Crippen molar-refractivity contribution in [3.05, 3.63) is 24.1 Å². The third-order valence-corrected chi connectivity index (χ3v) is 5.87. The average Bonchev–Trinajstić information content (AvgIpc) is 3.08. The Bertz CT molecular complexity index is 1200. The van der Waals surface area contributed by atoms with Gasteiger partial charge in [0.1, 0.15) is 36.9 Å². The minimum atomic E-state index is -5.94. The molecule has 1 aliphatic rings. The Hall–Kier alpha value is -1.61. The number of carbonyl (C=O) groups is 3. The molecule has 0 bridgehead atoms. The van der Waals surface area contributed by atoms with E-state index in [1.807, 2.05) is 67.4 Å². The Kier molecular flexibility index (Phi) is 28.0. The van der Waals surface area contributed by atoms with Gasteiger partial charge in [0.25, 0.3) is 0 Å². The zero-order valence-corrected chi connectivity index (χ0v) is 39.1. The van der Waals surface area contributed by atoms with Gasteiger partial charge in [0.05, 0.1) is 17.2 Å². The maximum absolute atomic E-state index is 11.6. The molecular formula is C33H61B2IN3NaO14. The molecule has 0 aromatic rings. The fourth-order valence-corrected chi connectivity index (χ4v) is 3.10. The quantitative estimate of drug-likeness (QED) is 0.0691. The van der Waals surface area contributed by atoms with E-state index in [1.54, 1.807) is 55.4 Å². The number of amides is 3. The van der Waals surface area contributed by atoms with Gasteiger partial charge in [0.2, 0.25) is 0 Å². The Morgan fingerprint density at radius 3 is 1.31 bits per heavy atom. The largest absolute Gasteiger partial charge is 1.00 e. The first-order valence-corrected chi connectivity index (χ1v) is 20.0. The monoisotopic (exact) mass is 895 g/mol. The summed E-state index contributed by atoms with van der Waals surface area (Å²) in [6, 6.07) is -0.777.